The van der Waals surface area contributed by atoms with E-state index in [1.165, 1.54) is 14.2 Å². The first-order chi connectivity index (χ1) is 8.54. The van der Waals surface area contributed by atoms with Crippen LogP contribution >= 0.6 is 0 Å². The molecule has 9 heteroatoms. The molecule has 0 spiro atoms. The summed E-state index contributed by atoms with van der Waals surface area (Å²) in [7, 11) is 3.03. The normalized spacial score (nSPS) is 8.95. The summed E-state index contributed by atoms with van der Waals surface area (Å²) in [5.74, 6) is -2.41. The van der Waals surface area contributed by atoms with Gasteiger partial charge in [-0.15, -0.1) is 0 Å². The molecule has 19 heavy (non-hydrogen) atoms. The molecule has 0 amide bonds. The average molecular weight is 373 g/mol. The molecule has 0 rings (SSSR count). The van der Waals surface area contributed by atoms with Crippen molar-refractivity contribution in [1.29, 1.82) is 0 Å². The molecule has 0 aromatic heterocycles. The first-order valence-electron chi connectivity index (χ1n) is 5.07. The fourth-order valence-electron chi connectivity index (χ4n) is 0.596. The van der Waals surface area contributed by atoms with Gasteiger partial charge in [0.25, 0.3) is 0 Å². The second-order valence-electron chi connectivity index (χ2n) is 2.83. The molecule has 0 aromatic carbocycles. The standard InChI is InChI=1S/2C5H10O4.Pd/c2*1-8-2-3-9-4-5(6)7;/h2*2-4H2,1H3,(H,6,7);/q;;+2/p-2. The van der Waals surface area contributed by atoms with Gasteiger partial charge in [0, 0.05) is 14.2 Å². The predicted molar refractivity (Wildman–Crippen MR) is 55.4 cm³/mol. The van der Waals surface area contributed by atoms with Crippen molar-refractivity contribution in [2.24, 2.45) is 0 Å². The summed E-state index contributed by atoms with van der Waals surface area (Å²) in [6, 6.07) is 0. The minimum Gasteiger partial charge on any atom is -0.548 e. The fourth-order valence-corrected chi connectivity index (χ4v) is 0.596. The molecular weight excluding hydrogens is 355 g/mol. The molecule has 0 aliphatic heterocycles. The summed E-state index contributed by atoms with van der Waals surface area (Å²) in [6.45, 7) is 0.697. The first-order valence-corrected chi connectivity index (χ1v) is 5.07. The Morgan fingerprint density at radius 2 is 1.11 bits per heavy atom. The summed E-state index contributed by atoms with van der Waals surface area (Å²) in [5, 5.41) is 19.4. The molecule has 0 aliphatic carbocycles. The van der Waals surface area contributed by atoms with Crippen LogP contribution in [0.1, 0.15) is 0 Å². The van der Waals surface area contributed by atoms with Crippen LogP contribution in [0, 0.1) is 0 Å². The van der Waals surface area contributed by atoms with Crippen LogP contribution in [0.5, 0.6) is 0 Å². The van der Waals surface area contributed by atoms with E-state index >= 15 is 0 Å². The Morgan fingerprint density at radius 1 is 0.789 bits per heavy atom. The van der Waals surface area contributed by atoms with Crippen LogP contribution in [-0.2, 0) is 49.0 Å². The van der Waals surface area contributed by atoms with Crippen LogP contribution < -0.4 is 10.2 Å². The Bertz CT molecular complexity index is 190. The smallest absolute Gasteiger partial charge is 0.548 e. The third kappa shape index (κ3) is 31.8. The van der Waals surface area contributed by atoms with Crippen molar-refractivity contribution in [3.05, 3.63) is 0 Å². The molecule has 0 fully saturated rings. The van der Waals surface area contributed by atoms with Crippen molar-refractivity contribution >= 4 is 11.9 Å². The number of hydrogen-bond donors (Lipinski definition) is 0. The van der Waals surface area contributed by atoms with Crippen LogP contribution in [0.15, 0.2) is 0 Å². The second-order valence-corrected chi connectivity index (χ2v) is 2.83. The topological polar surface area (TPSA) is 117 Å². The van der Waals surface area contributed by atoms with Gasteiger partial charge < -0.3 is 38.7 Å². The molecule has 0 heterocycles. The van der Waals surface area contributed by atoms with Gasteiger partial charge >= 0.3 is 20.4 Å². The van der Waals surface area contributed by atoms with Crippen LogP contribution in [0.25, 0.3) is 0 Å². The Labute approximate surface area is 125 Å². The largest absolute Gasteiger partial charge is 2.00 e. The van der Waals surface area contributed by atoms with Gasteiger partial charge in [-0.05, 0) is 0 Å². The van der Waals surface area contributed by atoms with Crippen LogP contribution in [0.3, 0.4) is 0 Å². The molecule has 0 unspecified atom stereocenters. The number of carbonyl (C=O) groups excluding carboxylic acids is 2. The van der Waals surface area contributed by atoms with Crippen molar-refractivity contribution in [3.63, 3.8) is 0 Å². The Kier molecular flexibility index (Phi) is 24.5. The van der Waals surface area contributed by atoms with Crippen molar-refractivity contribution < 1.29 is 59.2 Å². The van der Waals surface area contributed by atoms with Gasteiger partial charge in [-0.3, -0.25) is 0 Å². The van der Waals surface area contributed by atoms with E-state index in [1.807, 2.05) is 0 Å². The summed E-state index contributed by atoms with van der Waals surface area (Å²) in [6.07, 6.45) is 0. The molecular formula is C10H18O8Pd. The molecule has 0 atom stereocenters. The van der Waals surface area contributed by atoms with Crippen molar-refractivity contribution in [3.8, 4) is 0 Å². The van der Waals surface area contributed by atoms with Gasteiger partial charge in [-0.25, -0.2) is 0 Å². The molecule has 0 N–H and O–H groups in total. The zero-order chi connectivity index (χ0) is 14.2. The van der Waals surface area contributed by atoms with E-state index in [4.69, 9.17) is 0 Å². The number of ether oxygens (including phenoxy) is 4. The fraction of sp³-hybridized carbons (Fsp3) is 0.800. The van der Waals surface area contributed by atoms with E-state index in [-0.39, 0.29) is 33.6 Å². The molecule has 0 saturated carbocycles. The summed E-state index contributed by atoms with van der Waals surface area (Å²) >= 11 is 0. The molecule has 0 radical (unpaired) electrons. The maximum absolute atomic E-state index is 9.69. The number of hydrogen-bond acceptors (Lipinski definition) is 8. The van der Waals surface area contributed by atoms with E-state index in [1.54, 1.807) is 0 Å². The molecule has 0 aromatic rings. The number of aliphatic carboxylic acids is 2. The van der Waals surface area contributed by atoms with Crippen molar-refractivity contribution in [2.75, 3.05) is 53.9 Å². The van der Waals surface area contributed by atoms with Gasteiger partial charge in [0.15, 0.2) is 0 Å². The number of rotatable bonds is 10. The van der Waals surface area contributed by atoms with E-state index < -0.39 is 11.9 Å². The van der Waals surface area contributed by atoms with Gasteiger partial charge in [-0.2, -0.15) is 0 Å². The zero-order valence-electron chi connectivity index (χ0n) is 10.8. The Hall–Kier alpha value is -0.558. The number of methoxy groups -OCH3 is 2. The third-order valence-electron chi connectivity index (χ3n) is 1.30. The molecule has 0 aliphatic rings. The quantitative estimate of drug-likeness (QED) is 0.291. The summed E-state index contributed by atoms with van der Waals surface area (Å²) in [4.78, 5) is 19.4. The van der Waals surface area contributed by atoms with Crippen LogP contribution in [0.2, 0.25) is 0 Å². The van der Waals surface area contributed by atoms with Crippen molar-refractivity contribution in [1.82, 2.24) is 0 Å². The number of carboxylic acid groups (broad SMARTS) is 2. The molecule has 8 nitrogen and oxygen atoms in total. The van der Waals surface area contributed by atoms with E-state index in [9.17, 15) is 19.8 Å². The van der Waals surface area contributed by atoms with E-state index in [0.29, 0.717) is 26.4 Å². The Balaban J connectivity index is -0.000000256. The minimum atomic E-state index is -1.20. The molecule has 116 valence electrons. The van der Waals surface area contributed by atoms with Crippen LogP contribution in [-0.4, -0.2) is 65.8 Å². The van der Waals surface area contributed by atoms with Crippen LogP contribution in [0.4, 0.5) is 0 Å². The van der Waals surface area contributed by atoms with Gasteiger partial charge in [0.05, 0.1) is 51.6 Å². The Morgan fingerprint density at radius 3 is 1.32 bits per heavy atom. The zero-order valence-corrected chi connectivity index (χ0v) is 12.4. The SMILES string of the molecule is COCCOCC(=O)[O-].COCCOCC(=O)[O-].[Pd+2]. The number of carbonyl (C=O) groups is 2. The maximum atomic E-state index is 9.69. The van der Waals surface area contributed by atoms with E-state index in [2.05, 4.69) is 18.9 Å². The maximum Gasteiger partial charge on any atom is 2.00 e. The summed E-state index contributed by atoms with van der Waals surface area (Å²) < 4.78 is 18.3. The monoisotopic (exact) mass is 372 g/mol. The van der Waals surface area contributed by atoms with E-state index in [0.717, 1.165) is 0 Å². The van der Waals surface area contributed by atoms with Gasteiger partial charge in [0.1, 0.15) is 0 Å². The molecule has 0 saturated heterocycles. The minimum absolute atomic E-state index is 0. The van der Waals surface area contributed by atoms with Crippen molar-refractivity contribution in [2.45, 2.75) is 0 Å². The summed E-state index contributed by atoms with van der Waals surface area (Å²) in [5.41, 5.74) is 0. The molecule has 0 bridgehead atoms. The van der Waals surface area contributed by atoms with Gasteiger partial charge in [-0.1, -0.05) is 0 Å². The predicted octanol–water partition coefficient (Wildman–Crippen LogP) is -3.20. The first kappa shape index (κ1) is 23.5. The average Bonchev–Trinajstić information content (AvgIpc) is 2.31. The van der Waals surface area contributed by atoms with Gasteiger partial charge in [0.2, 0.25) is 0 Å². The third-order valence-corrected chi connectivity index (χ3v) is 1.30. The number of carboxylic acids is 2. The second kappa shape index (κ2) is 19.8.